The first-order chi connectivity index (χ1) is 14.6. The standard InChI is InChI=1S/C24H29N3O3/c1-3-5-6-9-16-30-19-14-12-18(13-15-19)24(29)27(4-2)17-22-25-21-11-8-7-10-20(21)23(28)26-22/h7-8,10-15H,3-6,9,16-17H2,1-2H3,(H,25,26,28). The lowest BCUT2D eigenvalue weighted by Gasteiger charge is -2.20. The number of aromatic nitrogens is 2. The predicted octanol–water partition coefficient (Wildman–Crippen LogP) is 4.54. The summed E-state index contributed by atoms with van der Waals surface area (Å²) in [6, 6.07) is 14.4. The first kappa shape index (κ1) is 21.6. The fourth-order valence-electron chi connectivity index (χ4n) is 3.31. The molecule has 158 valence electrons. The number of rotatable bonds is 10. The second-order valence-corrected chi connectivity index (χ2v) is 7.28. The maximum Gasteiger partial charge on any atom is 0.258 e. The molecule has 0 saturated heterocycles. The van der Waals surface area contributed by atoms with E-state index in [1.54, 1.807) is 35.2 Å². The van der Waals surface area contributed by atoms with E-state index in [4.69, 9.17) is 4.74 Å². The Balaban J connectivity index is 1.65. The van der Waals surface area contributed by atoms with Crippen LogP contribution >= 0.6 is 0 Å². The van der Waals surface area contributed by atoms with Crippen LogP contribution in [0, 0.1) is 0 Å². The number of carbonyl (C=O) groups is 1. The Labute approximate surface area is 176 Å². The molecule has 2 aromatic carbocycles. The molecule has 0 aliphatic heterocycles. The summed E-state index contributed by atoms with van der Waals surface area (Å²) in [5, 5.41) is 0.543. The number of nitrogens with zero attached hydrogens (tertiary/aromatic N) is 2. The molecule has 0 aliphatic rings. The molecule has 1 N–H and O–H groups in total. The fraction of sp³-hybridized carbons (Fsp3) is 0.375. The van der Waals surface area contributed by atoms with Crippen LogP contribution in [0.15, 0.2) is 53.3 Å². The zero-order valence-corrected chi connectivity index (χ0v) is 17.7. The minimum Gasteiger partial charge on any atom is -0.494 e. The monoisotopic (exact) mass is 407 g/mol. The van der Waals surface area contributed by atoms with E-state index >= 15 is 0 Å². The average Bonchev–Trinajstić information content (AvgIpc) is 2.77. The van der Waals surface area contributed by atoms with E-state index in [-0.39, 0.29) is 18.0 Å². The smallest absolute Gasteiger partial charge is 0.258 e. The van der Waals surface area contributed by atoms with Gasteiger partial charge in [-0.1, -0.05) is 38.3 Å². The van der Waals surface area contributed by atoms with Crippen LogP contribution < -0.4 is 10.3 Å². The highest BCUT2D eigenvalue weighted by Crippen LogP contribution is 2.16. The molecule has 0 unspecified atom stereocenters. The number of hydrogen-bond donors (Lipinski definition) is 1. The summed E-state index contributed by atoms with van der Waals surface area (Å²) in [6.45, 7) is 5.53. The molecular weight excluding hydrogens is 378 g/mol. The summed E-state index contributed by atoms with van der Waals surface area (Å²) in [4.78, 5) is 34.2. The van der Waals surface area contributed by atoms with Crippen LogP contribution in [-0.2, 0) is 6.54 Å². The van der Waals surface area contributed by atoms with Crippen molar-refractivity contribution in [1.82, 2.24) is 14.9 Å². The van der Waals surface area contributed by atoms with Gasteiger partial charge in [0.2, 0.25) is 0 Å². The molecule has 0 atom stereocenters. The third-order valence-corrected chi connectivity index (χ3v) is 5.04. The molecule has 0 spiro atoms. The Morgan fingerprint density at radius 2 is 1.80 bits per heavy atom. The molecule has 3 rings (SSSR count). The quantitative estimate of drug-likeness (QED) is 0.501. The van der Waals surface area contributed by atoms with E-state index in [1.165, 1.54) is 19.3 Å². The minimum atomic E-state index is -0.195. The van der Waals surface area contributed by atoms with Crippen molar-refractivity contribution >= 4 is 16.8 Å². The van der Waals surface area contributed by atoms with E-state index < -0.39 is 0 Å². The summed E-state index contributed by atoms with van der Waals surface area (Å²) in [5.74, 6) is 1.13. The summed E-state index contributed by atoms with van der Waals surface area (Å²) in [7, 11) is 0. The van der Waals surface area contributed by atoms with E-state index in [2.05, 4.69) is 16.9 Å². The van der Waals surface area contributed by atoms with Gasteiger partial charge in [0, 0.05) is 12.1 Å². The second-order valence-electron chi connectivity index (χ2n) is 7.28. The Kier molecular flexibility index (Phi) is 7.60. The van der Waals surface area contributed by atoms with E-state index in [0.717, 1.165) is 12.2 Å². The van der Waals surface area contributed by atoms with Crippen molar-refractivity contribution < 1.29 is 9.53 Å². The number of fused-ring (bicyclic) bond motifs is 1. The maximum absolute atomic E-state index is 12.9. The van der Waals surface area contributed by atoms with Gasteiger partial charge in [0.1, 0.15) is 11.6 Å². The highest BCUT2D eigenvalue weighted by Gasteiger charge is 2.16. The van der Waals surface area contributed by atoms with Crippen molar-refractivity contribution in [1.29, 1.82) is 0 Å². The fourth-order valence-corrected chi connectivity index (χ4v) is 3.31. The van der Waals surface area contributed by atoms with Crippen LogP contribution in [0.4, 0.5) is 0 Å². The number of benzene rings is 2. The van der Waals surface area contributed by atoms with Crippen LogP contribution in [-0.4, -0.2) is 33.9 Å². The molecule has 1 amide bonds. The Morgan fingerprint density at radius 1 is 1.03 bits per heavy atom. The number of unbranched alkanes of at least 4 members (excludes halogenated alkanes) is 3. The van der Waals surface area contributed by atoms with Gasteiger partial charge in [-0.25, -0.2) is 4.98 Å². The highest BCUT2D eigenvalue weighted by atomic mass is 16.5. The van der Waals surface area contributed by atoms with Crippen LogP contribution in [0.1, 0.15) is 55.7 Å². The third-order valence-electron chi connectivity index (χ3n) is 5.04. The van der Waals surface area contributed by atoms with Gasteiger partial charge < -0.3 is 14.6 Å². The number of para-hydroxylation sites is 1. The lowest BCUT2D eigenvalue weighted by Crippen LogP contribution is -2.31. The molecule has 1 heterocycles. The van der Waals surface area contributed by atoms with Gasteiger partial charge in [-0.2, -0.15) is 0 Å². The van der Waals surface area contributed by atoms with Crippen molar-refractivity contribution in [2.24, 2.45) is 0 Å². The lowest BCUT2D eigenvalue weighted by atomic mass is 10.2. The van der Waals surface area contributed by atoms with E-state index in [0.29, 0.717) is 35.4 Å². The molecule has 6 heteroatoms. The van der Waals surface area contributed by atoms with Gasteiger partial charge in [0.25, 0.3) is 11.5 Å². The SMILES string of the molecule is CCCCCCOc1ccc(C(=O)N(CC)Cc2nc3ccccc3c(=O)[nH]2)cc1. The van der Waals surface area contributed by atoms with Gasteiger partial charge in [-0.3, -0.25) is 9.59 Å². The van der Waals surface area contributed by atoms with E-state index in [1.807, 2.05) is 25.1 Å². The predicted molar refractivity (Wildman–Crippen MR) is 119 cm³/mol. The molecule has 30 heavy (non-hydrogen) atoms. The number of hydrogen-bond acceptors (Lipinski definition) is 4. The molecule has 0 bridgehead atoms. The van der Waals surface area contributed by atoms with Crippen molar-refractivity contribution in [3.05, 3.63) is 70.3 Å². The van der Waals surface area contributed by atoms with Crippen molar-refractivity contribution in [3.8, 4) is 5.75 Å². The molecule has 0 fully saturated rings. The van der Waals surface area contributed by atoms with Crippen LogP contribution in [0.3, 0.4) is 0 Å². The molecule has 0 radical (unpaired) electrons. The number of amides is 1. The van der Waals surface area contributed by atoms with Gasteiger partial charge in [-0.15, -0.1) is 0 Å². The summed E-state index contributed by atoms with van der Waals surface area (Å²) in [5.41, 5.74) is 1.01. The first-order valence-electron chi connectivity index (χ1n) is 10.6. The topological polar surface area (TPSA) is 75.3 Å². The summed E-state index contributed by atoms with van der Waals surface area (Å²) < 4.78 is 5.75. The van der Waals surface area contributed by atoms with Crippen molar-refractivity contribution in [2.75, 3.05) is 13.2 Å². The first-order valence-corrected chi connectivity index (χ1v) is 10.6. The largest absolute Gasteiger partial charge is 0.494 e. The number of carbonyl (C=O) groups excluding carboxylic acids is 1. The zero-order valence-electron chi connectivity index (χ0n) is 17.7. The van der Waals surface area contributed by atoms with Crippen molar-refractivity contribution in [2.45, 2.75) is 46.1 Å². The Hall–Kier alpha value is -3.15. The minimum absolute atomic E-state index is 0.109. The lowest BCUT2D eigenvalue weighted by molar-refractivity contribution is 0.0748. The van der Waals surface area contributed by atoms with Gasteiger partial charge >= 0.3 is 0 Å². The second kappa shape index (κ2) is 10.6. The number of nitrogens with one attached hydrogen (secondary N) is 1. The Bertz CT molecular complexity index is 1030. The normalized spacial score (nSPS) is 10.9. The molecule has 6 nitrogen and oxygen atoms in total. The van der Waals surface area contributed by atoms with Gasteiger partial charge in [0.05, 0.1) is 24.1 Å². The molecule has 0 saturated carbocycles. The Morgan fingerprint density at radius 3 is 2.53 bits per heavy atom. The maximum atomic E-state index is 12.9. The van der Waals surface area contributed by atoms with Crippen molar-refractivity contribution in [3.63, 3.8) is 0 Å². The van der Waals surface area contributed by atoms with Crippen LogP contribution in [0.2, 0.25) is 0 Å². The molecule has 1 aromatic heterocycles. The van der Waals surface area contributed by atoms with Crippen LogP contribution in [0.5, 0.6) is 5.75 Å². The summed E-state index contributed by atoms with van der Waals surface area (Å²) in [6.07, 6.45) is 4.63. The number of aromatic amines is 1. The van der Waals surface area contributed by atoms with Gasteiger partial charge in [-0.05, 0) is 49.7 Å². The zero-order chi connectivity index (χ0) is 21.3. The number of H-pyrrole nitrogens is 1. The van der Waals surface area contributed by atoms with E-state index in [9.17, 15) is 9.59 Å². The summed E-state index contributed by atoms with van der Waals surface area (Å²) >= 11 is 0. The van der Waals surface area contributed by atoms with Crippen LogP contribution in [0.25, 0.3) is 10.9 Å². The molecule has 3 aromatic rings. The average molecular weight is 408 g/mol. The van der Waals surface area contributed by atoms with Gasteiger partial charge in [0.15, 0.2) is 0 Å². The molecule has 0 aliphatic carbocycles. The molecular formula is C24H29N3O3. The number of ether oxygens (including phenoxy) is 1. The highest BCUT2D eigenvalue weighted by molar-refractivity contribution is 5.94. The third kappa shape index (κ3) is 5.47.